The van der Waals surface area contributed by atoms with E-state index in [1.54, 1.807) is 24.0 Å². The standard InChI is InChI=1S/C17H22N2O4/c1-3-7-19-12-17(23-11-15(19)20)5-8-18(9-6-17)16(21)14-4-10-22-13(14)2/h3-4,10H,1,5-9,11-12H2,2H3. The van der Waals surface area contributed by atoms with Crippen LogP contribution in [-0.2, 0) is 9.53 Å². The summed E-state index contributed by atoms with van der Waals surface area (Å²) in [7, 11) is 0. The van der Waals surface area contributed by atoms with E-state index in [-0.39, 0.29) is 24.0 Å². The van der Waals surface area contributed by atoms with Gasteiger partial charge in [0.2, 0.25) is 5.91 Å². The van der Waals surface area contributed by atoms with Crippen LogP contribution in [0.25, 0.3) is 0 Å². The predicted octanol–water partition coefficient (Wildman–Crippen LogP) is 1.61. The minimum atomic E-state index is -0.334. The monoisotopic (exact) mass is 318 g/mol. The smallest absolute Gasteiger partial charge is 0.257 e. The Morgan fingerprint density at radius 1 is 1.43 bits per heavy atom. The van der Waals surface area contributed by atoms with Gasteiger partial charge < -0.3 is 19.0 Å². The Hall–Kier alpha value is -2.08. The molecule has 0 atom stereocenters. The van der Waals surface area contributed by atoms with Crippen molar-refractivity contribution in [2.24, 2.45) is 0 Å². The van der Waals surface area contributed by atoms with E-state index >= 15 is 0 Å². The van der Waals surface area contributed by atoms with Gasteiger partial charge in [0.15, 0.2) is 0 Å². The fraction of sp³-hybridized carbons (Fsp3) is 0.529. The van der Waals surface area contributed by atoms with Crippen molar-refractivity contribution in [2.75, 3.05) is 32.8 Å². The summed E-state index contributed by atoms with van der Waals surface area (Å²) in [5.74, 6) is 0.649. The van der Waals surface area contributed by atoms with Crippen LogP contribution in [0.2, 0.25) is 0 Å². The summed E-state index contributed by atoms with van der Waals surface area (Å²) < 4.78 is 11.1. The molecule has 0 N–H and O–H groups in total. The van der Waals surface area contributed by atoms with E-state index in [4.69, 9.17) is 9.15 Å². The molecule has 3 heterocycles. The highest BCUT2D eigenvalue weighted by molar-refractivity contribution is 5.95. The van der Waals surface area contributed by atoms with E-state index < -0.39 is 0 Å². The molecule has 2 saturated heterocycles. The zero-order chi connectivity index (χ0) is 16.4. The van der Waals surface area contributed by atoms with Crippen molar-refractivity contribution >= 4 is 11.8 Å². The van der Waals surface area contributed by atoms with E-state index in [9.17, 15) is 9.59 Å². The van der Waals surface area contributed by atoms with Gasteiger partial charge in [-0.25, -0.2) is 0 Å². The predicted molar refractivity (Wildman–Crippen MR) is 84.0 cm³/mol. The molecule has 1 aromatic heterocycles. The molecule has 1 aromatic rings. The number of rotatable bonds is 3. The van der Waals surface area contributed by atoms with Crippen LogP contribution in [0.1, 0.15) is 29.0 Å². The number of hydrogen-bond donors (Lipinski definition) is 0. The van der Waals surface area contributed by atoms with Gasteiger partial charge in [-0.15, -0.1) is 6.58 Å². The molecule has 3 rings (SSSR count). The van der Waals surface area contributed by atoms with E-state index in [1.165, 1.54) is 6.26 Å². The number of hydrogen-bond acceptors (Lipinski definition) is 4. The average Bonchev–Trinajstić information content (AvgIpc) is 2.98. The molecule has 1 spiro atoms. The fourth-order valence-corrected chi connectivity index (χ4v) is 3.31. The molecule has 0 radical (unpaired) electrons. The summed E-state index contributed by atoms with van der Waals surface area (Å²) in [5, 5.41) is 0. The first kappa shape index (κ1) is 15.8. The van der Waals surface area contributed by atoms with Crippen LogP contribution in [0, 0.1) is 6.92 Å². The summed E-state index contributed by atoms with van der Waals surface area (Å²) in [6.07, 6.45) is 4.74. The molecule has 0 aliphatic carbocycles. The molecule has 0 bridgehead atoms. The maximum Gasteiger partial charge on any atom is 0.257 e. The summed E-state index contributed by atoms with van der Waals surface area (Å²) in [6.45, 7) is 7.97. The van der Waals surface area contributed by atoms with Crippen LogP contribution >= 0.6 is 0 Å². The molecule has 2 fully saturated rings. The minimum absolute atomic E-state index is 0.000864. The number of carbonyl (C=O) groups is 2. The quantitative estimate of drug-likeness (QED) is 0.794. The highest BCUT2D eigenvalue weighted by atomic mass is 16.5. The van der Waals surface area contributed by atoms with Gasteiger partial charge in [-0.1, -0.05) is 6.08 Å². The van der Waals surface area contributed by atoms with Gasteiger partial charge in [-0.3, -0.25) is 9.59 Å². The molecular formula is C17H22N2O4. The summed E-state index contributed by atoms with van der Waals surface area (Å²) >= 11 is 0. The van der Waals surface area contributed by atoms with Gasteiger partial charge in [0.25, 0.3) is 5.91 Å². The largest absolute Gasteiger partial charge is 0.469 e. The van der Waals surface area contributed by atoms with Gasteiger partial charge in [-0.05, 0) is 25.8 Å². The number of nitrogens with zero attached hydrogens (tertiary/aromatic N) is 2. The lowest BCUT2D eigenvalue weighted by Crippen LogP contribution is -2.59. The molecule has 6 nitrogen and oxygen atoms in total. The molecule has 0 saturated carbocycles. The molecule has 6 heteroatoms. The number of morpholine rings is 1. The van der Waals surface area contributed by atoms with Crippen molar-refractivity contribution in [1.29, 1.82) is 0 Å². The van der Waals surface area contributed by atoms with Gasteiger partial charge in [-0.2, -0.15) is 0 Å². The highest BCUT2D eigenvalue weighted by Crippen LogP contribution is 2.31. The van der Waals surface area contributed by atoms with Crippen molar-refractivity contribution in [2.45, 2.75) is 25.4 Å². The minimum Gasteiger partial charge on any atom is -0.469 e. The fourth-order valence-electron chi connectivity index (χ4n) is 3.31. The Morgan fingerprint density at radius 3 is 2.78 bits per heavy atom. The van der Waals surface area contributed by atoms with E-state index in [0.717, 1.165) is 12.8 Å². The lowest BCUT2D eigenvalue weighted by atomic mass is 9.89. The summed E-state index contributed by atoms with van der Waals surface area (Å²) in [5.41, 5.74) is 0.285. The lowest BCUT2D eigenvalue weighted by Gasteiger charge is -2.46. The van der Waals surface area contributed by atoms with Crippen molar-refractivity contribution in [3.8, 4) is 0 Å². The van der Waals surface area contributed by atoms with Crippen molar-refractivity contribution in [3.63, 3.8) is 0 Å². The first-order valence-electron chi connectivity index (χ1n) is 7.91. The van der Waals surface area contributed by atoms with Gasteiger partial charge in [0, 0.05) is 19.6 Å². The second kappa shape index (κ2) is 6.20. The number of carbonyl (C=O) groups excluding carboxylic acids is 2. The van der Waals surface area contributed by atoms with Crippen molar-refractivity contribution in [3.05, 3.63) is 36.3 Å². The van der Waals surface area contributed by atoms with E-state index in [2.05, 4.69) is 6.58 Å². The first-order chi connectivity index (χ1) is 11.0. The van der Waals surface area contributed by atoms with Crippen LogP contribution in [0.4, 0.5) is 0 Å². The third kappa shape index (κ3) is 3.03. The second-order valence-electron chi connectivity index (χ2n) is 6.22. The number of amides is 2. The number of likely N-dealkylation sites (tertiary alicyclic amines) is 1. The molecule has 0 aromatic carbocycles. The SMILES string of the molecule is C=CCN1CC2(CCN(C(=O)c3ccoc3C)CC2)OCC1=O. The zero-order valence-corrected chi connectivity index (χ0v) is 13.4. The maximum atomic E-state index is 12.5. The Labute approximate surface area is 135 Å². The summed E-state index contributed by atoms with van der Waals surface area (Å²) in [6, 6.07) is 1.71. The number of aryl methyl sites for hydroxylation is 1. The Bertz CT molecular complexity index is 614. The number of ether oxygens (including phenoxy) is 1. The summed E-state index contributed by atoms with van der Waals surface area (Å²) in [4.78, 5) is 28.0. The third-order valence-corrected chi connectivity index (χ3v) is 4.73. The lowest BCUT2D eigenvalue weighted by molar-refractivity contribution is -0.169. The van der Waals surface area contributed by atoms with E-state index in [0.29, 0.717) is 37.5 Å². The van der Waals surface area contributed by atoms with Crippen molar-refractivity contribution in [1.82, 2.24) is 9.80 Å². The van der Waals surface area contributed by atoms with Gasteiger partial charge >= 0.3 is 0 Å². The molecule has 2 aliphatic heterocycles. The normalized spacial score (nSPS) is 20.8. The molecule has 124 valence electrons. The topological polar surface area (TPSA) is 63.0 Å². The highest BCUT2D eigenvalue weighted by Gasteiger charge is 2.42. The van der Waals surface area contributed by atoms with Crippen LogP contribution in [0.3, 0.4) is 0 Å². The molecule has 23 heavy (non-hydrogen) atoms. The van der Waals surface area contributed by atoms with Crippen LogP contribution in [0.5, 0.6) is 0 Å². The molecule has 0 unspecified atom stereocenters. The van der Waals surface area contributed by atoms with Gasteiger partial charge in [0.05, 0.1) is 24.0 Å². The molecule has 2 aliphatic rings. The van der Waals surface area contributed by atoms with Crippen LogP contribution in [0.15, 0.2) is 29.4 Å². The van der Waals surface area contributed by atoms with E-state index in [1.807, 2.05) is 4.90 Å². The zero-order valence-electron chi connectivity index (χ0n) is 13.4. The Morgan fingerprint density at radius 2 is 2.17 bits per heavy atom. The maximum absolute atomic E-state index is 12.5. The molecular weight excluding hydrogens is 296 g/mol. The van der Waals surface area contributed by atoms with Gasteiger partial charge in [0.1, 0.15) is 12.4 Å². The van der Waals surface area contributed by atoms with Crippen molar-refractivity contribution < 1.29 is 18.7 Å². The number of furan rings is 1. The van der Waals surface area contributed by atoms with Crippen LogP contribution in [-0.4, -0.2) is 60.0 Å². The second-order valence-corrected chi connectivity index (χ2v) is 6.22. The third-order valence-electron chi connectivity index (χ3n) is 4.73. The first-order valence-corrected chi connectivity index (χ1v) is 7.91. The Balaban J connectivity index is 1.64. The number of piperidine rings is 1. The Kier molecular flexibility index (Phi) is 4.26. The molecule has 2 amide bonds. The average molecular weight is 318 g/mol. The van der Waals surface area contributed by atoms with Crippen LogP contribution < -0.4 is 0 Å².